The van der Waals surface area contributed by atoms with Crippen LogP contribution in [0, 0.1) is 0 Å². The van der Waals surface area contributed by atoms with Gasteiger partial charge in [-0.25, -0.2) is 9.59 Å². The topological polar surface area (TPSA) is 73.7 Å². The van der Waals surface area contributed by atoms with Crippen LogP contribution < -0.4 is 0 Å². The van der Waals surface area contributed by atoms with E-state index in [4.69, 9.17) is 0 Å². The molecule has 0 radical (unpaired) electrons. The van der Waals surface area contributed by atoms with Crippen molar-refractivity contribution in [3.8, 4) is 0 Å². The number of nitrogens with zero attached hydrogens (tertiary/aromatic N) is 3. The molecule has 1 aliphatic rings. The number of carbonyl (C=O) groups is 2. The molecule has 2 heterocycles. The highest BCUT2D eigenvalue weighted by Gasteiger charge is 2.33. The maximum Gasteiger partial charge on any atom is 0.326 e. The molecule has 1 atom stereocenters. The zero-order valence-electron chi connectivity index (χ0n) is 11.5. The number of carboxylic acids is 1. The summed E-state index contributed by atoms with van der Waals surface area (Å²) in [7, 11) is 1.67. The van der Waals surface area contributed by atoms with Gasteiger partial charge in [0, 0.05) is 19.8 Å². The molecule has 1 N–H and O–H groups in total. The predicted octanol–water partition coefficient (Wildman–Crippen LogP) is 1.57. The van der Waals surface area contributed by atoms with E-state index in [2.05, 4.69) is 4.98 Å². The number of likely N-dealkylation sites (tertiary alicyclic amines) is 1. The van der Waals surface area contributed by atoms with E-state index in [1.54, 1.807) is 13.2 Å². The van der Waals surface area contributed by atoms with Gasteiger partial charge in [0.1, 0.15) is 6.04 Å². The molecule has 1 unspecified atom stereocenters. The molecule has 0 aromatic carbocycles. The molecular formula is C14H19N3O3. The maximum atomic E-state index is 12.4. The molecule has 1 aliphatic heterocycles. The summed E-state index contributed by atoms with van der Waals surface area (Å²) in [6, 6.07) is 4.57. The fourth-order valence-corrected chi connectivity index (χ4v) is 2.44. The summed E-state index contributed by atoms with van der Waals surface area (Å²) >= 11 is 0. The van der Waals surface area contributed by atoms with Crippen molar-refractivity contribution in [3.63, 3.8) is 0 Å². The van der Waals surface area contributed by atoms with E-state index in [9.17, 15) is 14.7 Å². The number of amides is 2. The second-order valence-electron chi connectivity index (χ2n) is 5.00. The quantitative estimate of drug-likeness (QED) is 0.910. The standard InChI is InChI=1S/C14H19N3O3/c1-16(10-11-6-2-4-8-15-11)14(20)17-9-5-3-7-12(17)13(18)19/h2,4,6,8,12H,3,5,7,9-10H2,1H3,(H,18,19). The number of piperidine rings is 1. The predicted molar refractivity (Wildman–Crippen MR) is 73.1 cm³/mol. The SMILES string of the molecule is CN(Cc1ccccn1)C(=O)N1CCCCC1C(=O)O. The monoisotopic (exact) mass is 277 g/mol. The largest absolute Gasteiger partial charge is 0.480 e. The van der Waals surface area contributed by atoms with Gasteiger partial charge in [0.25, 0.3) is 0 Å². The van der Waals surface area contributed by atoms with Crippen LogP contribution in [0.4, 0.5) is 4.79 Å². The minimum absolute atomic E-state index is 0.247. The zero-order chi connectivity index (χ0) is 14.5. The van der Waals surface area contributed by atoms with Gasteiger partial charge < -0.3 is 14.9 Å². The molecular weight excluding hydrogens is 258 g/mol. The number of aromatic nitrogens is 1. The van der Waals surface area contributed by atoms with Crippen LogP contribution in [0.25, 0.3) is 0 Å². The third kappa shape index (κ3) is 3.26. The molecule has 108 valence electrons. The van der Waals surface area contributed by atoms with E-state index >= 15 is 0 Å². The summed E-state index contributed by atoms with van der Waals surface area (Å²) in [4.78, 5) is 30.7. The number of carbonyl (C=O) groups excluding carboxylic acids is 1. The molecule has 6 heteroatoms. The van der Waals surface area contributed by atoms with Gasteiger partial charge in [-0.3, -0.25) is 4.98 Å². The van der Waals surface area contributed by atoms with E-state index in [1.807, 2.05) is 18.2 Å². The first-order valence-corrected chi connectivity index (χ1v) is 6.74. The number of rotatable bonds is 3. The summed E-state index contributed by atoms with van der Waals surface area (Å²) in [5, 5.41) is 9.20. The first-order chi connectivity index (χ1) is 9.59. The lowest BCUT2D eigenvalue weighted by Crippen LogP contribution is -2.52. The average molecular weight is 277 g/mol. The van der Waals surface area contributed by atoms with Crippen LogP contribution >= 0.6 is 0 Å². The van der Waals surface area contributed by atoms with Gasteiger partial charge in [-0.05, 0) is 31.4 Å². The maximum absolute atomic E-state index is 12.4. The Balaban J connectivity index is 2.03. The molecule has 1 aromatic heterocycles. The Morgan fingerprint density at radius 2 is 2.25 bits per heavy atom. The molecule has 0 bridgehead atoms. The molecule has 1 fully saturated rings. The van der Waals surface area contributed by atoms with Gasteiger partial charge >= 0.3 is 12.0 Å². The molecule has 6 nitrogen and oxygen atoms in total. The summed E-state index contributed by atoms with van der Waals surface area (Å²) < 4.78 is 0. The Kier molecular flexibility index (Phi) is 4.55. The van der Waals surface area contributed by atoms with Gasteiger partial charge in [-0.1, -0.05) is 6.07 Å². The van der Waals surface area contributed by atoms with Crippen molar-refractivity contribution in [2.24, 2.45) is 0 Å². The highest BCUT2D eigenvalue weighted by atomic mass is 16.4. The van der Waals surface area contributed by atoms with Gasteiger partial charge in [0.05, 0.1) is 12.2 Å². The van der Waals surface area contributed by atoms with Gasteiger partial charge in [-0.15, -0.1) is 0 Å². The van der Waals surface area contributed by atoms with E-state index in [0.717, 1.165) is 18.5 Å². The van der Waals surface area contributed by atoms with Crippen LogP contribution in [0.5, 0.6) is 0 Å². The number of carboxylic acid groups (broad SMARTS) is 1. The van der Waals surface area contributed by atoms with Crippen molar-refractivity contribution < 1.29 is 14.7 Å². The van der Waals surface area contributed by atoms with E-state index < -0.39 is 12.0 Å². The average Bonchev–Trinajstić information content (AvgIpc) is 2.47. The van der Waals surface area contributed by atoms with Crippen LogP contribution in [0.1, 0.15) is 25.0 Å². The third-order valence-electron chi connectivity index (χ3n) is 3.49. The summed E-state index contributed by atoms with van der Waals surface area (Å²) in [6.07, 6.45) is 3.91. The Morgan fingerprint density at radius 3 is 2.90 bits per heavy atom. The zero-order valence-corrected chi connectivity index (χ0v) is 11.5. The van der Waals surface area contributed by atoms with Gasteiger partial charge in [-0.2, -0.15) is 0 Å². The number of urea groups is 1. The summed E-state index contributed by atoms with van der Waals surface area (Å²) in [6.45, 7) is 0.880. The van der Waals surface area contributed by atoms with Crippen LogP contribution in [-0.2, 0) is 11.3 Å². The van der Waals surface area contributed by atoms with Gasteiger partial charge in [0.2, 0.25) is 0 Å². The molecule has 1 aromatic rings. The molecule has 0 spiro atoms. The first-order valence-electron chi connectivity index (χ1n) is 6.74. The van der Waals surface area contributed by atoms with E-state index in [0.29, 0.717) is 19.5 Å². The smallest absolute Gasteiger partial charge is 0.326 e. The molecule has 0 saturated carbocycles. The fraction of sp³-hybridized carbons (Fsp3) is 0.500. The molecule has 1 saturated heterocycles. The molecule has 0 aliphatic carbocycles. The minimum atomic E-state index is -0.927. The number of aliphatic carboxylic acids is 1. The van der Waals surface area contributed by atoms with Crippen molar-refractivity contribution >= 4 is 12.0 Å². The van der Waals surface area contributed by atoms with Crippen LogP contribution in [0.3, 0.4) is 0 Å². The van der Waals surface area contributed by atoms with Crippen molar-refractivity contribution in [1.29, 1.82) is 0 Å². The minimum Gasteiger partial charge on any atom is -0.480 e. The van der Waals surface area contributed by atoms with E-state index in [1.165, 1.54) is 9.80 Å². The summed E-state index contributed by atoms with van der Waals surface area (Å²) in [5.41, 5.74) is 0.784. The van der Waals surface area contributed by atoms with Crippen molar-refractivity contribution in [2.45, 2.75) is 31.8 Å². The Bertz CT molecular complexity index is 478. The Labute approximate surface area is 118 Å². The number of pyridine rings is 1. The highest BCUT2D eigenvalue weighted by Crippen LogP contribution is 2.19. The van der Waals surface area contributed by atoms with Crippen LogP contribution in [0.15, 0.2) is 24.4 Å². The van der Waals surface area contributed by atoms with E-state index in [-0.39, 0.29) is 6.03 Å². The fourth-order valence-electron chi connectivity index (χ4n) is 2.44. The lowest BCUT2D eigenvalue weighted by atomic mass is 10.0. The van der Waals surface area contributed by atoms with Crippen molar-refractivity contribution in [3.05, 3.63) is 30.1 Å². The molecule has 2 amide bonds. The second kappa shape index (κ2) is 6.36. The summed E-state index contributed by atoms with van der Waals surface area (Å²) in [5.74, 6) is -0.927. The van der Waals surface area contributed by atoms with Crippen LogP contribution in [0.2, 0.25) is 0 Å². The Morgan fingerprint density at radius 1 is 1.45 bits per heavy atom. The Hall–Kier alpha value is -2.11. The first kappa shape index (κ1) is 14.3. The van der Waals surface area contributed by atoms with Crippen molar-refractivity contribution in [1.82, 2.24) is 14.8 Å². The lowest BCUT2D eigenvalue weighted by Gasteiger charge is -2.35. The third-order valence-corrected chi connectivity index (χ3v) is 3.49. The highest BCUT2D eigenvalue weighted by molar-refractivity contribution is 5.82. The van der Waals surface area contributed by atoms with Gasteiger partial charge in [0.15, 0.2) is 0 Å². The normalized spacial score (nSPS) is 18.6. The van der Waals surface area contributed by atoms with Crippen molar-refractivity contribution in [2.75, 3.05) is 13.6 Å². The lowest BCUT2D eigenvalue weighted by molar-refractivity contribution is -0.143. The molecule has 20 heavy (non-hydrogen) atoms. The number of hydrogen-bond donors (Lipinski definition) is 1. The second-order valence-corrected chi connectivity index (χ2v) is 5.00. The molecule has 2 rings (SSSR count). The van der Waals surface area contributed by atoms with Crippen LogP contribution in [-0.4, -0.2) is 51.5 Å². The number of hydrogen-bond acceptors (Lipinski definition) is 3.